The maximum Gasteiger partial charge on any atom is 0.410 e. The Morgan fingerprint density at radius 1 is 0.957 bits per heavy atom. The summed E-state index contributed by atoms with van der Waals surface area (Å²) >= 11 is 6.22. The average Bonchev–Trinajstić information content (AvgIpc) is 2.99. The number of piperazine rings is 1. The Kier molecular flexibility index (Phi) is 11.3. The summed E-state index contributed by atoms with van der Waals surface area (Å²) in [4.78, 5) is 29.8. The standard InChI is InChI=1S/C37H51ClN4O4/c1-35(2,3)46-34(44)42-22-20-41(21-23-42)19-11-9-8-10-12-26-13-15-27(16-14-26)31(43)40-32-36(4,5)33(37(32,6)7)45-29-18-17-28(25-39)30(38)24-29/h13-18,24,32-33H,8-12,19-23H2,1-7H3,(H,40,43). The molecule has 1 aliphatic carbocycles. The minimum Gasteiger partial charge on any atom is -0.489 e. The summed E-state index contributed by atoms with van der Waals surface area (Å²) in [6.07, 6.45) is 5.27. The minimum absolute atomic E-state index is 0.0792. The number of aryl methyl sites for hydroxylation is 1. The van der Waals surface area contributed by atoms with Crippen molar-refractivity contribution in [1.29, 1.82) is 5.26 Å². The average molecular weight is 651 g/mol. The van der Waals surface area contributed by atoms with Crippen molar-refractivity contribution in [2.75, 3.05) is 32.7 Å². The number of nitrogens with zero attached hydrogens (tertiary/aromatic N) is 3. The van der Waals surface area contributed by atoms with Crippen LogP contribution in [0.3, 0.4) is 0 Å². The maximum absolute atomic E-state index is 13.3. The van der Waals surface area contributed by atoms with E-state index in [-0.39, 0.29) is 35.0 Å². The van der Waals surface area contributed by atoms with Gasteiger partial charge in [0.15, 0.2) is 0 Å². The molecule has 2 aromatic rings. The first-order chi connectivity index (χ1) is 21.6. The van der Waals surface area contributed by atoms with Crippen molar-refractivity contribution in [2.45, 2.75) is 98.3 Å². The second-order valence-corrected chi connectivity index (χ2v) is 15.4. The van der Waals surface area contributed by atoms with Crippen LogP contribution < -0.4 is 10.1 Å². The van der Waals surface area contributed by atoms with E-state index in [4.69, 9.17) is 26.3 Å². The van der Waals surface area contributed by atoms with E-state index in [2.05, 4.69) is 56.1 Å². The van der Waals surface area contributed by atoms with Gasteiger partial charge in [-0.3, -0.25) is 9.69 Å². The van der Waals surface area contributed by atoms with Crippen LogP contribution in [-0.2, 0) is 11.2 Å². The molecule has 9 heteroatoms. The Balaban J connectivity index is 1.15. The number of nitriles is 1. The molecule has 0 bridgehead atoms. The van der Waals surface area contributed by atoms with E-state index in [1.54, 1.807) is 18.2 Å². The van der Waals surface area contributed by atoms with Gasteiger partial charge in [-0.1, -0.05) is 64.3 Å². The zero-order chi connectivity index (χ0) is 33.7. The van der Waals surface area contributed by atoms with Gasteiger partial charge in [0.1, 0.15) is 23.5 Å². The van der Waals surface area contributed by atoms with Crippen LogP contribution in [0, 0.1) is 22.2 Å². The molecule has 8 nitrogen and oxygen atoms in total. The van der Waals surface area contributed by atoms with Crippen LogP contribution in [-0.4, -0.2) is 72.3 Å². The number of rotatable bonds is 11. The number of amides is 2. The van der Waals surface area contributed by atoms with Crippen molar-refractivity contribution >= 4 is 23.6 Å². The number of carbonyl (C=O) groups is 2. The van der Waals surface area contributed by atoms with Gasteiger partial charge in [-0.15, -0.1) is 0 Å². The van der Waals surface area contributed by atoms with E-state index in [0.29, 0.717) is 21.9 Å². The smallest absolute Gasteiger partial charge is 0.410 e. The van der Waals surface area contributed by atoms with E-state index >= 15 is 0 Å². The predicted octanol–water partition coefficient (Wildman–Crippen LogP) is 7.48. The van der Waals surface area contributed by atoms with Crippen molar-refractivity contribution in [3.05, 3.63) is 64.2 Å². The van der Waals surface area contributed by atoms with E-state index in [1.807, 2.05) is 37.8 Å². The second-order valence-electron chi connectivity index (χ2n) is 15.0. The summed E-state index contributed by atoms with van der Waals surface area (Å²) in [6, 6.07) is 15.1. The number of halogens is 1. The largest absolute Gasteiger partial charge is 0.489 e. The Labute approximate surface area is 280 Å². The fourth-order valence-electron chi connectivity index (χ4n) is 7.13. The summed E-state index contributed by atoms with van der Waals surface area (Å²) in [7, 11) is 0. The highest BCUT2D eigenvalue weighted by molar-refractivity contribution is 6.31. The van der Waals surface area contributed by atoms with Crippen LogP contribution in [0.25, 0.3) is 0 Å². The molecule has 0 radical (unpaired) electrons. The van der Waals surface area contributed by atoms with Gasteiger partial charge in [-0.25, -0.2) is 4.79 Å². The van der Waals surface area contributed by atoms with E-state index < -0.39 is 5.60 Å². The maximum atomic E-state index is 13.3. The number of nitrogens with one attached hydrogen (secondary N) is 1. The fraction of sp³-hybridized carbons (Fsp3) is 0.595. The van der Waals surface area contributed by atoms with Gasteiger partial charge in [-0.2, -0.15) is 5.26 Å². The molecule has 4 rings (SSSR count). The summed E-state index contributed by atoms with van der Waals surface area (Å²) in [5.74, 6) is 0.537. The zero-order valence-electron chi connectivity index (χ0n) is 28.6. The second kappa shape index (κ2) is 14.6. The van der Waals surface area contributed by atoms with E-state index in [9.17, 15) is 9.59 Å². The summed E-state index contributed by atoms with van der Waals surface area (Å²) < 4.78 is 11.8. The van der Waals surface area contributed by atoms with Crippen molar-refractivity contribution in [2.24, 2.45) is 10.8 Å². The molecule has 2 aliphatic rings. The first-order valence-electron chi connectivity index (χ1n) is 16.6. The normalized spacial score (nSPS) is 20.7. The van der Waals surface area contributed by atoms with Crippen LogP contribution in [0.1, 0.15) is 95.6 Å². The number of hydrogen-bond donors (Lipinski definition) is 1. The van der Waals surface area contributed by atoms with Crippen molar-refractivity contribution in [3.8, 4) is 11.8 Å². The van der Waals surface area contributed by atoms with E-state index in [0.717, 1.165) is 52.0 Å². The van der Waals surface area contributed by atoms with Gasteiger partial charge in [0.25, 0.3) is 5.91 Å². The third kappa shape index (κ3) is 8.74. The molecule has 2 fully saturated rings. The highest BCUT2D eigenvalue weighted by Gasteiger charge is 2.64. The predicted molar refractivity (Wildman–Crippen MR) is 182 cm³/mol. The Bertz CT molecular complexity index is 1390. The number of hydrogen-bond acceptors (Lipinski definition) is 6. The van der Waals surface area contributed by atoms with Gasteiger partial charge < -0.3 is 19.7 Å². The molecule has 1 saturated carbocycles. The molecule has 250 valence electrons. The van der Waals surface area contributed by atoms with Gasteiger partial charge in [-0.05, 0) is 76.4 Å². The highest BCUT2D eigenvalue weighted by atomic mass is 35.5. The summed E-state index contributed by atoms with van der Waals surface area (Å²) in [6.45, 7) is 18.4. The van der Waals surface area contributed by atoms with Crippen LogP contribution in [0.4, 0.5) is 4.79 Å². The molecule has 0 spiro atoms. The minimum atomic E-state index is -0.456. The lowest BCUT2D eigenvalue weighted by molar-refractivity contribution is -0.164. The van der Waals surface area contributed by atoms with Crippen molar-refractivity contribution in [3.63, 3.8) is 0 Å². The lowest BCUT2D eigenvalue weighted by Gasteiger charge is -2.63. The Morgan fingerprint density at radius 2 is 1.59 bits per heavy atom. The Morgan fingerprint density at radius 3 is 2.17 bits per heavy atom. The number of benzene rings is 2. The van der Waals surface area contributed by atoms with Crippen molar-refractivity contribution < 1.29 is 19.1 Å². The number of unbranched alkanes of at least 4 members (excludes halogenated alkanes) is 3. The topological polar surface area (TPSA) is 94.9 Å². The van der Waals surface area contributed by atoms with Crippen LogP contribution in [0.2, 0.25) is 5.02 Å². The quantitative estimate of drug-likeness (QED) is 0.253. The number of carbonyl (C=O) groups excluding carboxylic acids is 2. The van der Waals surface area contributed by atoms with Crippen LogP contribution >= 0.6 is 11.6 Å². The SMILES string of the molecule is CC(C)(C)OC(=O)N1CCN(CCCCCCc2ccc(C(=O)NC3C(C)(C)C(Oc4ccc(C#N)c(Cl)c4)C3(C)C)cc2)CC1. The first kappa shape index (κ1) is 35.6. The van der Waals surface area contributed by atoms with E-state index in [1.165, 1.54) is 18.4 Å². The summed E-state index contributed by atoms with van der Waals surface area (Å²) in [5.41, 5.74) is 1.24. The molecule has 1 aliphatic heterocycles. The summed E-state index contributed by atoms with van der Waals surface area (Å²) in [5, 5.41) is 12.8. The molecular weight excluding hydrogens is 600 g/mol. The third-order valence-electron chi connectivity index (χ3n) is 9.36. The Hall–Kier alpha value is -3.28. The molecule has 1 heterocycles. The molecule has 1 saturated heterocycles. The van der Waals surface area contributed by atoms with Gasteiger partial charge in [0.2, 0.25) is 0 Å². The fourth-order valence-corrected chi connectivity index (χ4v) is 7.34. The highest BCUT2D eigenvalue weighted by Crippen LogP contribution is 2.55. The molecule has 0 aromatic heterocycles. The van der Waals surface area contributed by atoms with Gasteiger partial charge in [0, 0.05) is 54.7 Å². The van der Waals surface area contributed by atoms with Gasteiger partial charge in [0.05, 0.1) is 10.6 Å². The number of ether oxygens (including phenoxy) is 2. The molecular formula is C37H51ClN4O4. The lowest BCUT2D eigenvalue weighted by Crippen LogP contribution is -2.74. The molecule has 46 heavy (non-hydrogen) atoms. The van der Waals surface area contributed by atoms with Crippen molar-refractivity contribution in [1.82, 2.24) is 15.1 Å². The third-order valence-corrected chi connectivity index (χ3v) is 9.67. The molecule has 1 N–H and O–H groups in total. The van der Waals surface area contributed by atoms with Crippen LogP contribution in [0.5, 0.6) is 5.75 Å². The lowest BCUT2D eigenvalue weighted by atomic mass is 9.49. The van der Waals surface area contributed by atoms with Crippen LogP contribution in [0.15, 0.2) is 42.5 Å². The molecule has 0 atom stereocenters. The first-order valence-corrected chi connectivity index (χ1v) is 17.0. The molecule has 0 unspecified atom stereocenters. The molecule has 2 amide bonds. The van der Waals surface area contributed by atoms with Gasteiger partial charge >= 0.3 is 6.09 Å². The zero-order valence-corrected chi connectivity index (χ0v) is 29.4. The molecule has 2 aromatic carbocycles. The monoisotopic (exact) mass is 650 g/mol.